The monoisotopic (exact) mass is 454 g/mol. The Morgan fingerprint density at radius 1 is 1.00 bits per heavy atom. The first-order chi connectivity index (χ1) is 15.4. The quantitative estimate of drug-likeness (QED) is 0.360. The molecule has 1 aliphatic rings. The van der Waals surface area contributed by atoms with Crippen LogP contribution in [0.2, 0.25) is 5.15 Å². The molecule has 0 atom stereocenters. The van der Waals surface area contributed by atoms with Crippen molar-refractivity contribution >= 4 is 22.5 Å². The lowest BCUT2D eigenvalue weighted by molar-refractivity contribution is -0.137. The largest absolute Gasteiger partial charge is 0.416 e. The molecule has 2 aromatic carbocycles. The van der Waals surface area contributed by atoms with E-state index in [4.69, 9.17) is 11.6 Å². The van der Waals surface area contributed by atoms with Gasteiger partial charge < -0.3 is 0 Å². The van der Waals surface area contributed by atoms with Crippen LogP contribution in [0.4, 0.5) is 13.2 Å². The fraction of sp³-hybridized carbons (Fsp3) is 0.208. The Hall–Kier alpha value is -3.03. The van der Waals surface area contributed by atoms with Gasteiger partial charge >= 0.3 is 6.18 Å². The number of pyridine rings is 1. The average Bonchev–Trinajstić information content (AvgIpc) is 2.79. The van der Waals surface area contributed by atoms with Crippen molar-refractivity contribution in [3.63, 3.8) is 0 Å². The summed E-state index contributed by atoms with van der Waals surface area (Å²) in [5.74, 6) is 0.438. The average molecular weight is 455 g/mol. The molecule has 4 nitrogen and oxygen atoms in total. The molecule has 0 fully saturated rings. The van der Waals surface area contributed by atoms with E-state index < -0.39 is 11.7 Å². The van der Waals surface area contributed by atoms with Crippen molar-refractivity contribution in [1.82, 2.24) is 19.9 Å². The molecule has 0 radical (unpaired) electrons. The second-order valence-corrected chi connectivity index (χ2v) is 8.19. The first-order valence-electron chi connectivity index (χ1n) is 10.2. The number of hydrogen-bond acceptors (Lipinski definition) is 4. The van der Waals surface area contributed by atoms with Crippen LogP contribution in [0, 0.1) is 0 Å². The molecular formula is C24H18ClF3N4. The summed E-state index contributed by atoms with van der Waals surface area (Å²) in [7, 11) is 0. The number of hydrogen-bond donors (Lipinski definition) is 0. The second-order valence-electron chi connectivity index (χ2n) is 7.83. The molecule has 162 valence electrons. The molecule has 32 heavy (non-hydrogen) atoms. The lowest BCUT2D eigenvalue weighted by Crippen LogP contribution is -2.31. The molecule has 0 aliphatic carbocycles. The van der Waals surface area contributed by atoms with Crippen molar-refractivity contribution in [2.75, 3.05) is 6.54 Å². The molecule has 0 spiro atoms. The first-order valence-corrected chi connectivity index (χ1v) is 10.5. The standard InChI is InChI=1S/C24H18ClF3N4/c25-22-17(11-16-3-1-2-4-20(16)30-22)13-32-10-9-21-18(14-32)12-29-23(31-21)15-5-7-19(8-6-15)24(26,27)28/h1-8,11-12H,9-10,13-14H2. The predicted molar refractivity (Wildman–Crippen MR) is 117 cm³/mol. The van der Waals surface area contributed by atoms with Gasteiger partial charge in [0.2, 0.25) is 0 Å². The molecule has 3 heterocycles. The van der Waals surface area contributed by atoms with Crippen LogP contribution in [0.3, 0.4) is 0 Å². The van der Waals surface area contributed by atoms with E-state index in [0.717, 1.165) is 52.8 Å². The summed E-state index contributed by atoms with van der Waals surface area (Å²) < 4.78 is 38.4. The topological polar surface area (TPSA) is 41.9 Å². The third-order valence-corrected chi connectivity index (χ3v) is 5.95. The van der Waals surface area contributed by atoms with Crippen LogP contribution < -0.4 is 0 Å². The Balaban J connectivity index is 1.33. The summed E-state index contributed by atoms with van der Waals surface area (Å²) in [5, 5.41) is 1.55. The predicted octanol–water partition coefficient (Wildman–Crippen LogP) is 5.92. The van der Waals surface area contributed by atoms with E-state index in [1.165, 1.54) is 12.1 Å². The fourth-order valence-electron chi connectivity index (χ4n) is 3.94. The van der Waals surface area contributed by atoms with Crippen LogP contribution in [0.25, 0.3) is 22.3 Å². The number of rotatable bonds is 3. The molecule has 1 aliphatic heterocycles. The molecule has 0 saturated carbocycles. The van der Waals surface area contributed by atoms with Gasteiger partial charge in [0, 0.05) is 54.3 Å². The number of nitrogens with zero attached hydrogens (tertiary/aromatic N) is 4. The minimum Gasteiger partial charge on any atom is -0.294 e. The smallest absolute Gasteiger partial charge is 0.294 e. The summed E-state index contributed by atoms with van der Waals surface area (Å²) in [6, 6.07) is 14.9. The lowest BCUT2D eigenvalue weighted by atomic mass is 10.1. The fourth-order valence-corrected chi connectivity index (χ4v) is 4.15. The highest BCUT2D eigenvalue weighted by Gasteiger charge is 2.30. The van der Waals surface area contributed by atoms with Gasteiger partial charge in [0.15, 0.2) is 5.82 Å². The number of aromatic nitrogens is 3. The normalized spacial score (nSPS) is 14.5. The number of para-hydroxylation sites is 1. The molecule has 4 aromatic rings. The van der Waals surface area contributed by atoms with Gasteiger partial charge in [-0.15, -0.1) is 0 Å². The Labute approximate surface area is 187 Å². The molecule has 2 aromatic heterocycles. The summed E-state index contributed by atoms with van der Waals surface area (Å²) in [4.78, 5) is 15.8. The van der Waals surface area contributed by atoms with Gasteiger partial charge in [-0.25, -0.2) is 15.0 Å². The maximum Gasteiger partial charge on any atom is 0.416 e. The van der Waals surface area contributed by atoms with E-state index in [2.05, 4.69) is 25.9 Å². The minimum atomic E-state index is -4.36. The van der Waals surface area contributed by atoms with E-state index in [0.29, 0.717) is 29.6 Å². The third kappa shape index (κ3) is 4.18. The third-order valence-electron chi connectivity index (χ3n) is 5.63. The van der Waals surface area contributed by atoms with E-state index >= 15 is 0 Å². The van der Waals surface area contributed by atoms with Gasteiger partial charge in [0.1, 0.15) is 5.15 Å². The minimum absolute atomic E-state index is 0.438. The number of halogens is 4. The summed E-state index contributed by atoms with van der Waals surface area (Å²) in [5.41, 5.74) is 3.66. The van der Waals surface area contributed by atoms with Gasteiger partial charge in [-0.1, -0.05) is 41.9 Å². The van der Waals surface area contributed by atoms with Crippen molar-refractivity contribution in [3.8, 4) is 11.4 Å². The maximum atomic E-state index is 12.8. The Kier molecular flexibility index (Phi) is 5.31. The van der Waals surface area contributed by atoms with Crippen LogP contribution in [0.5, 0.6) is 0 Å². The summed E-state index contributed by atoms with van der Waals surface area (Å²) in [6.45, 7) is 2.13. The highest BCUT2D eigenvalue weighted by molar-refractivity contribution is 6.30. The van der Waals surface area contributed by atoms with Crippen molar-refractivity contribution in [3.05, 3.63) is 88.3 Å². The molecule has 0 saturated heterocycles. The van der Waals surface area contributed by atoms with Crippen LogP contribution in [0.1, 0.15) is 22.4 Å². The zero-order valence-electron chi connectivity index (χ0n) is 16.9. The number of fused-ring (bicyclic) bond motifs is 2. The summed E-state index contributed by atoms with van der Waals surface area (Å²) in [6.07, 6.45) is -1.87. The molecule has 8 heteroatoms. The molecule has 0 bridgehead atoms. The van der Waals surface area contributed by atoms with Crippen molar-refractivity contribution < 1.29 is 13.2 Å². The highest BCUT2D eigenvalue weighted by Crippen LogP contribution is 2.31. The molecule has 0 amide bonds. The van der Waals surface area contributed by atoms with Gasteiger partial charge in [0.25, 0.3) is 0 Å². The van der Waals surface area contributed by atoms with E-state index in [-0.39, 0.29) is 0 Å². The zero-order valence-corrected chi connectivity index (χ0v) is 17.7. The van der Waals surface area contributed by atoms with Gasteiger partial charge in [-0.3, -0.25) is 4.90 Å². The maximum absolute atomic E-state index is 12.8. The molecule has 5 rings (SSSR count). The zero-order chi connectivity index (χ0) is 22.3. The van der Waals surface area contributed by atoms with E-state index in [1.54, 1.807) is 6.20 Å². The first kappa shape index (κ1) is 20.8. The van der Waals surface area contributed by atoms with Crippen LogP contribution >= 0.6 is 11.6 Å². The van der Waals surface area contributed by atoms with Crippen LogP contribution in [-0.4, -0.2) is 26.4 Å². The van der Waals surface area contributed by atoms with Gasteiger partial charge in [-0.2, -0.15) is 13.2 Å². The second kappa shape index (κ2) is 8.15. The summed E-state index contributed by atoms with van der Waals surface area (Å²) >= 11 is 6.42. The highest BCUT2D eigenvalue weighted by atomic mass is 35.5. The van der Waals surface area contributed by atoms with E-state index in [9.17, 15) is 13.2 Å². The Morgan fingerprint density at radius 2 is 1.78 bits per heavy atom. The molecule has 0 N–H and O–H groups in total. The van der Waals surface area contributed by atoms with Crippen molar-refractivity contribution in [2.24, 2.45) is 0 Å². The lowest BCUT2D eigenvalue weighted by Gasteiger charge is -2.28. The number of benzene rings is 2. The molecular weight excluding hydrogens is 437 g/mol. The molecule has 0 unspecified atom stereocenters. The van der Waals surface area contributed by atoms with E-state index in [1.807, 2.05) is 24.3 Å². The number of alkyl halides is 3. The SMILES string of the molecule is FC(F)(F)c1ccc(-c2ncc3c(n2)CCN(Cc2cc4ccccc4nc2Cl)C3)cc1. The van der Waals surface area contributed by atoms with Gasteiger partial charge in [0.05, 0.1) is 16.8 Å². The van der Waals surface area contributed by atoms with Crippen LogP contribution in [0.15, 0.2) is 60.8 Å². The Morgan fingerprint density at radius 3 is 2.56 bits per heavy atom. The van der Waals surface area contributed by atoms with Crippen molar-refractivity contribution in [1.29, 1.82) is 0 Å². The van der Waals surface area contributed by atoms with Crippen molar-refractivity contribution in [2.45, 2.75) is 25.7 Å². The van der Waals surface area contributed by atoms with Gasteiger partial charge in [-0.05, 0) is 24.3 Å². The van der Waals surface area contributed by atoms with Crippen LogP contribution in [-0.2, 0) is 25.7 Å². The Bertz CT molecular complexity index is 1290.